The summed E-state index contributed by atoms with van der Waals surface area (Å²) in [5.41, 5.74) is 1.59. The van der Waals surface area contributed by atoms with E-state index >= 15 is 0 Å². The SMILES string of the molecule is CC1=NO[C@H]([C@H](O)[C@@H](C)[C@H]2CC[C@H]3[C@@H]4CC(=O)[C@]56C[C@H]5CC[C@]6(C)[C@H]4CC[C@]23C)C1. The highest BCUT2D eigenvalue weighted by Gasteiger charge is 2.77. The van der Waals surface area contributed by atoms with Crippen LogP contribution in [0.5, 0.6) is 0 Å². The molecule has 1 spiro atoms. The standard InChI is InChI=1S/C26H39NO3/c1-14-11-21(30-27-14)23(29)15(2)18-5-6-19-17-12-22(28)26-13-16(26)7-10-25(26,4)20(17)8-9-24(18,19)3/h15-21,23,29H,5-13H2,1-4H3/t15-,16+,17-,18+,19-,20-,21-,23+,24+,25+,26-/m0/s1. The minimum Gasteiger partial charge on any atom is -0.389 e. The molecular formula is C26H39NO3. The van der Waals surface area contributed by atoms with Gasteiger partial charge in [-0.3, -0.25) is 4.79 Å². The number of rotatable bonds is 3. The van der Waals surface area contributed by atoms with Gasteiger partial charge in [0.05, 0.1) is 11.8 Å². The lowest BCUT2D eigenvalue weighted by Crippen LogP contribution is -2.55. The third-order valence-corrected chi connectivity index (χ3v) is 11.8. The van der Waals surface area contributed by atoms with Crippen molar-refractivity contribution in [2.24, 2.45) is 56.9 Å². The van der Waals surface area contributed by atoms with Crippen LogP contribution in [0.15, 0.2) is 5.16 Å². The highest BCUT2D eigenvalue weighted by atomic mass is 16.7. The van der Waals surface area contributed by atoms with Crippen LogP contribution in [0.2, 0.25) is 0 Å². The molecule has 6 rings (SSSR count). The van der Waals surface area contributed by atoms with Gasteiger partial charge in [-0.1, -0.05) is 25.9 Å². The lowest BCUT2D eigenvalue weighted by molar-refractivity contribution is -0.153. The topological polar surface area (TPSA) is 58.9 Å². The minimum absolute atomic E-state index is 0.0844. The van der Waals surface area contributed by atoms with Gasteiger partial charge in [0.15, 0.2) is 6.10 Å². The van der Waals surface area contributed by atoms with Crippen LogP contribution in [0.3, 0.4) is 0 Å². The van der Waals surface area contributed by atoms with Gasteiger partial charge >= 0.3 is 0 Å². The number of hydrogen-bond donors (Lipinski definition) is 1. The van der Waals surface area contributed by atoms with Crippen molar-refractivity contribution in [3.05, 3.63) is 0 Å². The van der Waals surface area contributed by atoms with Gasteiger partial charge in [0, 0.05) is 18.3 Å². The van der Waals surface area contributed by atoms with E-state index in [9.17, 15) is 9.90 Å². The van der Waals surface area contributed by atoms with Crippen LogP contribution in [0, 0.1) is 51.8 Å². The number of carbonyl (C=O) groups is 1. The van der Waals surface area contributed by atoms with E-state index in [4.69, 9.17) is 4.84 Å². The number of aliphatic hydroxyl groups is 1. The second-order valence-electron chi connectivity index (χ2n) is 12.6. The number of oxime groups is 1. The molecule has 0 saturated heterocycles. The Labute approximate surface area is 181 Å². The highest BCUT2D eigenvalue weighted by Crippen LogP contribution is 2.80. The molecule has 5 aliphatic carbocycles. The van der Waals surface area contributed by atoms with E-state index < -0.39 is 6.10 Å². The van der Waals surface area contributed by atoms with Gasteiger partial charge in [-0.05, 0) is 98.2 Å². The van der Waals surface area contributed by atoms with Crippen molar-refractivity contribution in [3.8, 4) is 0 Å². The summed E-state index contributed by atoms with van der Waals surface area (Å²) in [6.45, 7) is 9.21. The monoisotopic (exact) mass is 413 g/mol. The van der Waals surface area contributed by atoms with Crippen molar-refractivity contribution in [2.45, 2.75) is 97.7 Å². The molecule has 0 aromatic rings. The molecule has 0 bridgehead atoms. The number of carbonyl (C=O) groups excluding carboxylic acids is 1. The Kier molecular flexibility index (Phi) is 4.03. The molecule has 5 saturated carbocycles. The molecule has 5 fully saturated rings. The van der Waals surface area contributed by atoms with Crippen molar-refractivity contribution in [1.82, 2.24) is 0 Å². The predicted octanol–water partition coefficient (Wildman–Crippen LogP) is 4.99. The van der Waals surface area contributed by atoms with E-state index in [1.165, 1.54) is 44.9 Å². The van der Waals surface area contributed by atoms with Gasteiger partial charge in [0.1, 0.15) is 5.78 Å². The number of fused-ring (bicyclic) bond motifs is 4. The van der Waals surface area contributed by atoms with E-state index in [2.05, 4.69) is 25.9 Å². The van der Waals surface area contributed by atoms with E-state index in [1.54, 1.807) is 0 Å². The molecule has 166 valence electrons. The molecule has 11 atom stereocenters. The Morgan fingerprint density at radius 1 is 1.10 bits per heavy atom. The smallest absolute Gasteiger partial charge is 0.158 e. The fraction of sp³-hybridized carbons (Fsp3) is 0.923. The summed E-state index contributed by atoms with van der Waals surface area (Å²) in [7, 11) is 0. The largest absolute Gasteiger partial charge is 0.389 e. The molecule has 1 aliphatic heterocycles. The molecule has 0 radical (unpaired) electrons. The Morgan fingerprint density at radius 3 is 2.60 bits per heavy atom. The fourth-order valence-corrected chi connectivity index (χ4v) is 10.2. The summed E-state index contributed by atoms with van der Waals surface area (Å²) in [4.78, 5) is 19.0. The first-order valence-electron chi connectivity index (χ1n) is 12.6. The average molecular weight is 414 g/mol. The second-order valence-corrected chi connectivity index (χ2v) is 12.6. The highest BCUT2D eigenvalue weighted by molar-refractivity contribution is 5.91. The quantitative estimate of drug-likeness (QED) is 0.709. The lowest BCUT2D eigenvalue weighted by atomic mass is 9.45. The molecular weight excluding hydrogens is 374 g/mol. The zero-order valence-electron chi connectivity index (χ0n) is 19.2. The molecule has 0 amide bonds. The van der Waals surface area contributed by atoms with Crippen LogP contribution in [-0.2, 0) is 9.63 Å². The molecule has 1 N–H and O–H groups in total. The first-order valence-corrected chi connectivity index (χ1v) is 12.6. The molecule has 6 aliphatic rings. The maximum absolute atomic E-state index is 13.5. The average Bonchev–Trinajstić information content (AvgIpc) is 2.94. The first-order chi connectivity index (χ1) is 14.2. The molecule has 0 aromatic heterocycles. The Bertz CT molecular complexity index is 808. The van der Waals surface area contributed by atoms with E-state index in [-0.39, 0.29) is 28.3 Å². The van der Waals surface area contributed by atoms with Crippen LogP contribution in [0.4, 0.5) is 0 Å². The van der Waals surface area contributed by atoms with Gasteiger partial charge in [0.25, 0.3) is 0 Å². The Morgan fingerprint density at radius 2 is 1.90 bits per heavy atom. The summed E-state index contributed by atoms with van der Waals surface area (Å²) in [5, 5.41) is 15.2. The summed E-state index contributed by atoms with van der Waals surface area (Å²) >= 11 is 0. The van der Waals surface area contributed by atoms with Crippen LogP contribution in [0.25, 0.3) is 0 Å². The number of nitrogens with zero attached hydrogens (tertiary/aromatic N) is 1. The number of Topliss-reactive ketones (excluding diaryl/α,β-unsaturated/α-hetero) is 1. The summed E-state index contributed by atoms with van der Waals surface area (Å²) < 4.78 is 0. The zero-order chi connectivity index (χ0) is 21.1. The number of ketones is 1. The normalized spacial score (nSPS) is 55.6. The molecule has 0 aromatic carbocycles. The van der Waals surface area contributed by atoms with Crippen LogP contribution < -0.4 is 0 Å². The van der Waals surface area contributed by atoms with E-state index in [0.717, 1.165) is 24.5 Å². The Hall–Kier alpha value is -0.900. The van der Waals surface area contributed by atoms with Gasteiger partial charge < -0.3 is 9.94 Å². The maximum Gasteiger partial charge on any atom is 0.158 e. The minimum atomic E-state index is -0.458. The van der Waals surface area contributed by atoms with Gasteiger partial charge in [0.2, 0.25) is 0 Å². The van der Waals surface area contributed by atoms with Gasteiger partial charge in [-0.2, -0.15) is 0 Å². The van der Waals surface area contributed by atoms with E-state index in [0.29, 0.717) is 29.5 Å². The van der Waals surface area contributed by atoms with Crippen LogP contribution in [0.1, 0.15) is 85.5 Å². The van der Waals surface area contributed by atoms with Crippen LogP contribution in [-0.4, -0.2) is 28.8 Å². The van der Waals surface area contributed by atoms with Gasteiger partial charge in [-0.25, -0.2) is 0 Å². The van der Waals surface area contributed by atoms with Gasteiger partial charge in [-0.15, -0.1) is 0 Å². The van der Waals surface area contributed by atoms with Crippen molar-refractivity contribution in [3.63, 3.8) is 0 Å². The van der Waals surface area contributed by atoms with Crippen molar-refractivity contribution in [2.75, 3.05) is 0 Å². The van der Waals surface area contributed by atoms with Crippen LogP contribution >= 0.6 is 0 Å². The zero-order valence-corrected chi connectivity index (χ0v) is 19.2. The molecule has 4 heteroatoms. The third kappa shape index (κ3) is 2.22. The predicted molar refractivity (Wildman–Crippen MR) is 116 cm³/mol. The lowest BCUT2D eigenvalue weighted by Gasteiger charge is -2.58. The second kappa shape index (κ2) is 6.11. The maximum atomic E-state index is 13.5. The summed E-state index contributed by atoms with van der Waals surface area (Å²) in [6.07, 6.45) is 9.71. The number of hydrogen-bond acceptors (Lipinski definition) is 4. The molecule has 30 heavy (non-hydrogen) atoms. The van der Waals surface area contributed by atoms with E-state index in [1.807, 2.05) is 6.92 Å². The Balaban J connectivity index is 1.25. The summed E-state index contributed by atoms with van der Waals surface area (Å²) in [6, 6.07) is 0. The molecule has 0 unspecified atom stereocenters. The fourth-order valence-electron chi connectivity index (χ4n) is 10.2. The van der Waals surface area contributed by atoms with Crippen molar-refractivity contribution < 1.29 is 14.7 Å². The van der Waals surface area contributed by atoms with Crippen molar-refractivity contribution >= 4 is 11.5 Å². The first kappa shape index (κ1) is 19.8. The molecule has 4 nitrogen and oxygen atoms in total. The molecule has 1 heterocycles. The number of aliphatic hydroxyl groups excluding tert-OH is 1. The third-order valence-electron chi connectivity index (χ3n) is 11.8. The summed E-state index contributed by atoms with van der Waals surface area (Å²) in [5.74, 6) is 4.04. The van der Waals surface area contributed by atoms with Crippen molar-refractivity contribution in [1.29, 1.82) is 0 Å².